The number of aromatic nitrogens is 3. The topological polar surface area (TPSA) is 89.5 Å². The third-order valence-electron chi connectivity index (χ3n) is 5.44. The Morgan fingerprint density at radius 3 is 2.69 bits per heavy atom. The fraction of sp³-hybridized carbons (Fsp3) is 0.435. The normalized spacial score (nSPS) is 19.3. The second kappa shape index (κ2) is 8.60. The Kier molecular flexibility index (Phi) is 6.01. The van der Waals surface area contributed by atoms with Crippen LogP contribution in [-0.4, -0.2) is 50.4 Å². The Morgan fingerprint density at radius 1 is 1.31 bits per heavy atom. The van der Waals surface area contributed by atoms with Crippen LogP contribution in [-0.2, 0) is 9.47 Å². The first kappa shape index (κ1) is 22.4. The molecule has 8 nitrogen and oxygen atoms in total. The fourth-order valence-corrected chi connectivity index (χ4v) is 4.13. The maximum absolute atomic E-state index is 12.9. The highest BCUT2D eigenvalue weighted by Crippen LogP contribution is 2.31. The molecule has 1 fully saturated rings. The molecule has 1 aromatic carbocycles. The highest BCUT2D eigenvalue weighted by atomic mass is 35.5. The van der Waals surface area contributed by atoms with E-state index in [0.717, 1.165) is 17.7 Å². The summed E-state index contributed by atoms with van der Waals surface area (Å²) in [4.78, 5) is 33.6. The van der Waals surface area contributed by atoms with Crippen molar-refractivity contribution < 1.29 is 14.3 Å². The molecule has 2 aromatic heterocycles. The highest BCUT2D eigenvalue weighted by Gasteiger charge is 2.35. The van der Waals surface area contributed by atoms with E-state index < -0.39 is 5.60 Å². The molecule has 32 heavy (non-hydrogen) atoms. The van der Waals surface area contributed by atoms with Gasteiger partial charge in [-0.3, -0.25) is 14.3 Å². The SMILES string of the molecule is CC[C@H]1CN(C(=O)OC(C)(C)C)[C@H](c2ccc(-n3c(Cl)cc4c(=O)[nH]cnc43)cc2)CO1. The van der Waals surface area contributed by atoms with Crippen molar-refractivity contribution in [1.82, 2.24) is 19.4 Å². The van der Waals surface area contributed by atoms with E-state index in [9.17, 15) is 9.59 Å². The monoisotopic (exact) mass is 458 g/mol. The summed E-state index contributed by atoms with van der Waals surface area (Å²) >= 11 is 6.40. The summed E-state index contributed by atoms with van der Waals surface area (Å²) in [5, 5.41) is 0.808. The number of rotatable bonds is 3. The number of fused-ring (bicyclic) bond motifs is 1. The number of hydrogen-bond acceptors (Lipinski definition) is 5. The van der Waals surface area contributed by atoms with Gasteiger partial charge < -0.3 is 14.5 Å². The molecule has 0 unspecified atom stereocenters. The number of halogens is 1. The highest BCUT2D eigenvalue weighted by molar-refractivity contribution is 6.31. The van der Waals surface area contributed by atoms with Crippen LogP contribution in [0.2, 0.25) is 5.15 Å². The van der Waals surface area contributed by atoms with Crippen molar-refractivity contribution in [2.45, 2.75) is 51.9 Å². The minimum absolute atomic E-state index is 0.0211. The van der Waals surface area contributed by atoms with Crippen molar-refractivity contribution >= 4 is 28.7 Å². The van der Waals surface area contributed by atoms with Crippen molar-refractivity contribution in [1.29, 1.82) is 0 Å². The predicted octanol–water partition coefficient (Wildman–Crippen LogP) is 4.45. The van der Waals surface area contributed by atoms with Crippen molar-refractivity contribution in [3.63, 3.8) is 0 Å². The molecule has 1 saturated heterocycles. The van der Waals surface area contributed by atoms with Crippen LogP contribution in [0.15, 0.2) is 41.5 Å². The average molecular weight is 459 g/mol. The summed E-state index contributed by atoms with van der Waals surface area (Å²) in [6, 6.07) is 8.98. The van der Waals surface area contributed by atoms with Crippen molar-refractivity contribution in [2.24, 2.45) is 0 Å². The van der Waals surface area contributed by atoms with E-state index in [2.05, 4.69) is 9.97 Å². The molecule has 9 heteroatoms. The number of hydrogen-bond donors (Lipinski definition) is 1. The van der Waals surface area contributed by atoms with Gasteiger partial charge in [0.2, 0.25) is 0 Å². The van der Waals surface area contributed by atoms with Gasteiger partial charge in [0.15, 0.2) is 5.65 Å². The smallest absolute Gasteiger partial charge is 0.410 e. The number of benzene rings is 1. The van der Waals surface area contributed by atoms with Gasteiger partial charge in [-0.05, 0) is 51.0 Å². The summed E-state index contributed by atoms with van der Waals surface area (Å²) in [5.41, 5.74) is 1.34. The maximum Gasteiger partial charge on any atom is 0.410 e. The Hall–Kier alpha value is -2.84. The molecular weight excluding hydrogens is 432 g/mol. The molecule has 1 aliphatic rings. The summed E-state index contributed by atoms with van der Waals surface area (Å²) in [5.74, 6) is 0. The Labute approximate surface area is 191 Å². The number of H-pyrrole nitrogens is 1. The van der Waals surface area contributed by atoms with E-state index in [1.807, 2.05) is 52.0 Å². The molecule has 1 N–H and O–H groups in total. The first-order valence-corrected chi connectivity index (χ1v) is 11.0. The molecule has 2 atom stereocenters. The average Bonchev–Trinajstić information content (AvgIpc) is 3.09. The number of nitrogens with zero attached hydrogens (tertiary/aromatic N) is 3. The van der Waals surface area contributed by atoms with Crippen molar-refractivity contribution in [3.8, 4) is 5.69 Å². The first-order chi connectivity index (χ1) is 15.2. The standard InChI is InChI=1S/C23H27ClN4O4/c1-5-16-11-27(22(30)32-23(2,3)4)18(12-31-16)14-6-8-15(9-7-14)28-19(24)10-17-20(28)25-13-26-21(17)29/h6-10,13,16,18H,5,11-12H2,1-4H3,(H,25,26,29)/t16-,18-/m0/s1. The number of morpholine rings is 1. The molecule has 0 radical (unpaired) electrons. The molecule has 4 rings (SSSR count). The summed E-state index contributed by atoms with van der Waals surface area (Å²) in [6.07, 6.45) is 1.80. The van der Waals surface area contributed by atoms with Crippen LogP contribution in [0, 0.1) is 0 Å². The molecule has 0 saturated carbocycles. The van der Waals surface area contributed by atoms with Gasteiger partial charge in [-0.15, -0.1) is 0 Å². The van der Waals surface area contributed by atoms with Crippen LogP contribution in [0.1, 0.15) is 45.7 Å². The van der Waals surface area contributed by atoms with Gasteiger partial charge in [-0.1, -0.05) is 30.7 Å². The van der Waals surface area contributed by atoms with Crippen LogP contribution in [0.4, 0.5) is 4.79 Å². The molecule has 3 aromatic rings. The van der Waals surface area contributed by atoms with E-state index in [-0.39, 0.29) is 23.8 Å². The van der Waals surface area contributed by atoms with Crippen LogP contribution in [0.25, 0.3) is 16.7 Å². The Balaban J connectivity index is 1.65. The van der Waals surface area contributed by atoms with Gasteiger partial charge in [0.05, 0.1) is 37.0 Å². The third-order valence-corrected chi connectivity index (χ3v) is 5.72. The molecule has 0 aliphatic carbocycles. The van der Waals surface area contributed by atoms with E-state index >= 15 is 0 Å². The van der Waals surface area contributed by atoms with Gasteiger partial charge in [-0.25, -0.2) is 9.78 Å². The zero-order valence-electron chi connectivity index (χ0n) is 18.6. The molecular formula is C23H27ClN4O4. The van der Waals surface area contributed by atoms with Crippen LogP contribution >= 0.6 is 11.6 Å². The lowest BCUT2D eigenvalue weighted by Gasteiger charge is -2.40. The zero-order chi connectivity index (χ0) is 23.0. The molecule has 1 amide bonds. The molecule has 1 aliphatic heterocycles. The number of nitrogens with one attached hydrogen (secondary N) is 1. The summed E-state index contributed by atoms with van der Waals surface area (Å²) in [7, 11) is 0. The van der Waals surface area contributed by atoms with Crippen molar-refractivity contribution in [3.05, 3.63) is 57.7 Å². The number of amides is 1. The fourth-order valence-electron chi connectivity index (χ4n) is 3.85. The minimum Gasteiger partial charge on any atom is -0.444 e. The molecule has 170 valence electrons. The number of ether oxygens (including phenoxy) is 2. The first-order valence-electron chi connectivity index (χ1n) is 10.6. The summed E-state index contributed by atoms with van der Waals surface area (Å²) in [6.45, 7) is 8.47. The van der Waals surface area contributed by atoms with E-state index in [4.69, 9.17) is 21.1 Å². The van der Waals surface area contributed by atoms with Gasteiger partial charge >= 0.3 is 6.09 Å². The van der Waals surface area contributed by atoms with Gasteiger partial charge in [0.25, 0.3) is 5.56 Å². The number of carbonyl (C=O) groups is 1. The minimum atomic E-state index is -0.581. The Morgan fingerprint density at radius 2 is 2.03 bits per heavy atom. The van der Waals surface area contributed by atoms with Gasteiger partial charge in [0, 0.05) is 5.69 Å². The largest absolute Gasteiger partial charge is 0.444 e. The number of carbonyl (C=O) groups excluding carboxylic acids is 1. The lowest BCUT2D eigenvalue weighted by molar-refractivity contribution is -0.0716. The van der Waals surface area contributed by atoms with Gasteiger partial charge in [-0.2, -0.15) is 0 Å². The lowest BCUT2D eigenvalue weighted by Crippen LogP contribution is -2.49. The third kappa shape index (κ3) is 4.38. The maximum atomic E-state index is 12.9. The van der Waals surface area contributed by atoms with Crippen LogP contribution < -0.4 is 5.56 Å². The van der Waals surface area contributed by atoms with Crippen LogP contribution in [0.3, 0.4) is 0 Å². The van der Waals surface area contributed by atoms with Crippen LogP contribution in [0.5, 0.6) is 0 Å². The quantitative estimate of drug-likeness (QED) is 0.626. The molecule has 0 spiro atoms. The predicted molar refractivity (Wildman–Crippen MR) is 122 cm³/mol. The van der Waals surface area contributed by atoms with Gasteiger partial charge in [0.1, 0.15) is 10.8 Å². The van der Waals surface area contributed by atoms with Crippen molar-refractivity contribution in [2.75, 3.05) is 13.2 Å². The van der Waals surface area contributed by atoms with E-state index in [1.54, 1.807) is 15.5 Å². The second-order valence-corrected chi connectivity index (χ2v) is 9.26. The molecule has 0 bridgehead atoms. The lowest BCUT2D eigenvalue weighted by atomic mass is 10.0. The zero-order valence-corrected chi connectivity index (χ0v) is 19.3. The Bertz CT molecular complexity index is 1180. The number of aromatic amines is 1. The van der Waals surface area contributed by atoms with E-state index in [0.29, 0.717) is 29.3 Å². The summed E-state index contributed by atoms with van der Waals surface area (Å²) < 4.78 is 13.3. The van der Waals surface area contributed by atoms with E-state index in [1.165, 1.54) is 6.33 Å². The second-order valence-electron chi connectivity index (χ2n) is 8.88. The molecule has 3 heterocycles.